The molecule has 2 atom stereocenters. The molecule has 0 radical (unpaired) electrons. The topological polar surface area (TPSA) is 49.7 Å². The first-order valence-electron chi connectivity index (χ1n) is 8.36. The molecule has 26 heavy (non-hydrogen) atoms. The second kappa shape index (κ2) is 7.77. The summed E-state index contributed by atoms with van der Waals surface area (Å²) in [6.07, 6.45) is 1.16. The molecule has 0 saturated carbocycles. The van der Waals surface area contributed by atoms with Crippen molar-refractivity contribution in [2.75, 3.05) is 0 Å². The van der Waals surface area contributed by atoms with Crippen molar-refractivity contribution in [1.82, 2.24) is 0 Å². The van der Waals surface area contributed by atoms with Crippen LogP contribution < -0.4 is 0 Å². The Bertz CT molecular complexity index is 882. The first kappa shape index (κ1) is 18.9. The molecule has 0 aromatic heterocycles. The maximum Gasteiger partial charge on any atom is 0.303 e. The Morgan fingerprint density at radius 1 is 1.31 bits per heavy atom. The molecular formula is C20H18Cl2FNO2. The molecule has 6 heteroatoms. The number of carboxylic acid groups (broad SMARTS) is 1. The van der Waals surface area contributed by atoms with Gasteiger partial charge >= 0.3 is 5.97 Å². The Labute approximate surface area is 161 Å². The van der Waals surface area contributed by atoms with Crippen LogP contribution >= 0.6 is 23.2 Å². The van der Waals surface area contributed by atoms with Crippen LogP contribution in [0.1, 0.15) is 36.8 Å². The lowest BCUT2D eigenvalue weighted by molar-refractivity contribution is -0.137. The lowest BCUT2D eigenvalue weighted by Gasteiger charge is -2.25. The number of aliphatic carboxylic acids is 1. The standard InChI is InChI=1S/C20H18Cl2FNO2/c1-11-6-13-2-4-15(21)10-19(13)24-18(11)8-14(9-20(25)26)12-3-5-16(22)17(23)7-12/h2-5,7,10-11,14H,6,8-9H2,1H3,(H,25,26). The normalized spacial score (nSPS) is 17.4. The lowest BCUT2D eigenvalue weighted by Crippen LogP contribution is -2.21. The quantitative estimate of drug-likeness (QED) is 0.672. The number of carbonyl (C=O) groups is 1. The number of rotatable bonds is 5. The summed E-state index contributed by atoms with van der Waals surface area (Å²) in [6.45, 7) is 2.07. The first-order chi connectivity index (χ1) is 12.3. The number of halogens is 3. The van der Waals surface area contributed by atoms with E-state index in [1.54, 1.807) is 6.07 Å². The molecule has 1 aliphatic rings. The van der Waals surface area contributed by atoms with Crippen LogP contribution in [0.2, 0.25) is 10.0 Å². The van der Waals surface area contributed by atoms with Crippen molar-refractivity contribution >= 4 is 40.6 Å². The van der Waals surface area contributed by atoms with Crippen molar-refractivity contribution in [3.8, 4) is 0 Å². The number of benzene rings is 2. The predicted octanol–water partition coefficient (Wildman–Crippen LogP) is 6.05. The van der Waals surface area contributed by atoms with E-state index in [2.05, 4.69) is 6.92 Å². The summed E-state index contributed by atoms with van der Waals surface area (Å²) in [5, 5.41) is 9.92. The zero-order valence-electron chi connectivity index (χ0n) is 14.2. The van der Waals surface area contributed by atoms with E-state index < -0.39 is 11.8 Å². The van der Waals surface area contributed by atoms with Crippen LogP contribution in [-0.4, -0.2) is 16.8 Å². The van der Waals surface area contributed by atoms with Crippen molar-refractivity contribution in [3.05, 3.63) is 63.4 Å². The molecule has 1 heterocycles. The van der Waals surface area contributed by atoms with Crippen LogP contribution in [-0.2, 0) is 11.2 Å². The maximum absolute atomic E-state index is 13.8. The van der Waals surface area contributed by atoms with Gasteiger partial charge in [-0.15, -0.1) is 0 Å². The van der Waals surface area contributed by atoms with Crippen LogP contribution in [0.25, 0.3) is 0 Å². The third-order valence-corrected chi connectivity index (χ3v) is 5.24. The Morgan fingerprint density at radius 2 is 2.08 bits per heavy atom. The van der Waals surface area contributed by atoms with Gasteiger partial charge in [-0.05, 0) is 60.1 Å². The number of nitrogens with zero attached hydrogens (tertiary/aromatic N) is 1. The van der Waals surface area contributed by atoms with E-state index in [9.17, 15) is 14.3 Å². The van der Waals surface area contributed by atoms with Crippen molar-refractivity contribution < 1.29 is 14.3 Å². The summed E-state index contributed by atoms with van der Waals surface area (Å²) in [5.74, 6) is -1.67. The molecule has 0 amide bonds. The summed E-state index contributed by atoms with van der Waals surface area (Å²) >= 11 is 11.8. The van der Waals surface area contributed by atoms with E-state index in [-0.39, 0.29) is 23.3 Å². The predicted molar refractivity (Wildman–Crippen MR) is 102 cm³/mol. The second-order valence-electron chi connectivity index (χ2n) is 6.65. The van der Waals surface area contributed by atoms with E-state index in [0.717, 1.165) is 23.4 Å². The van der Waals surface area contributed by atoms with Gasteiger partial charge in [-0.3, -0.25) is 9.79 Å². The van der Waals surface area contributed by atoms with Crippen molar-refractivity contribution in [2.24, 2.45) is 10.9 Å². The van der Waals surface area contributed by atoms with Gasteiger partial charge in [0, 0.05) is 10.7 Å². The Balaban J connectivity index is 1.93. The molecule has 2 aromatic carbocycles. The van der Waals surface area contributed by atoms with Gasteiger partial charge in [-0.2, -0.15) is 0 Å². The third kappa shape index (κ3) is 4.25. The van der Waals surface area contributed by atoms with E-state index in [1.165, 1.54) is 12.1 Å². The molecule has 3 rings (SSSR count). The fraction of sp³-hybridized carbons (Fsp3) is 0.300. The van der Waals surface area contributed by atoms with Crippen molar-refractivity contribution in [2.45, 2.75) is 32.1 Å². The Hall–Kier alpha value is -1.91. The number of carboxylic acids is 1. The highest BCUT2D eigenvalue weighted by atomic mass is 35.5. The Morgan fingerprint density at radius 3 is 2.77 bits per heavy atom. The van der Waals surface area contributed by atoms with Gasteiger partial charge in [-0.25, -0.2) is 4.39 Å². The highest BCUT2D eigenvalue weighted by molar-refractivity contribution is 6.31. The van der Waals surface area contributed by atoms with E-state index in [0.29, 0.717) is 17.0 Å². The monoisotopic (exact) mass is 393 g/mol. The third-order valence-electron chi connectivity index (χ3n) is 4.70. The zero-order valence-corrected chi connectivity index (χ0v) is 15.7. The van der Waals surface area contributed by atoms with E-state index in [4.69, 9.17) is 28.2 Å². The van der Waals surface area contributed by atoms with Crippen LogP contribution in [0.15, 0.2) is 41.4 Å². The van der Waals surface area contributed by atoms with Gasteiger partial charge < -0.3 is 5.11 Å². The molecule has 2 unspecified atom stereocenters. The SMILES string of the molecule is CC1Cc2ccc(Cl)cc2N=C1CC(CC(=O)O)c1ccc(Cl)c(F)c1. The number of aliphatic imine (C=N–C) groups is 1. The minimum absolute atomic E-state index is 0.0229. The highest BCUT2D eigenvalue weighted by Crippen LogP contribution is 2.35. The van der Waals surface area contributed by atoms with E-state index >= 15 is 0 Å². The molecule has 0 saturated heterocycles. The molecule has 1 N–H and O–H groups in total. The molecule has 0 aliphatic carbocycles. The average molecular weight is 394 g/mol. The van der Waals surface area contributed by atoms with Crippen molar-refractivity contribution in [1.29, 1.82) is 0 Å². The van der Waals surface area contributed by atoms with Gasteiger partial charge in [0.1, 0.15) is 5.82 Å². The molecule has 2 aromatic rings. The smallest absolute Gasteiger partial charge is 0.303 e. The fourth-order valence-electron chi connectivity index (χ4n) is 3.31. The summed E-state index contributed by atoms with van der Waals surface area (Å²) in [6, 6.07) is 10.1. The molecule has 1 aliphatic heterocycles. The van der Waals surface area contributed by atoms with Crippen LogP contribution in [0, 0.1) is 11.7 Å². The lowest BCUT2D eigenvalue weighted by atomic mass is 9.83. The summed E-state index contributed by atoms with van der Waals surface area (Å²) in [4.78, 5) is 16.0. The second-order valence-corrected chi connectivity index (χ2v) is 7.50. The molecule has 0 spiro atoms. The molecule has 0 fully saturated rings. The molecule has 3 nitrogen and oxygen atoms in total. The molecule has 0 bridgehead atoms. The van der Waals surface area contributed by atoms with Gasteiger partial charge in [0.2, 0.25) is 0 Å². The van der Waals surface area contributed by atoms with E-state index in [1.807, 2.05) is 18.2 Å². The highest BCUT2D eigenvalue weighted by Gasteiger charge is 2.25. The summed E-state index contributed by atoms with van der Waals surface area (Å²) in [5.41, 5.74) is 3.46. The first-order valence-corrected chi connectivity index (χ1v) is 9.11. The molecule has 136 valence electrons. The minimum atomic E-state index is -0.933. The van der Waals surface area contributed by atoms with Gasteiger partial charge in [-0.1, -0.05) is 42.3 Å². The number of hydrogen-bond donors (Lipinski definition) is 1. The van der Waals surface area contributed by atoms with Gasteiger partial charge in [0.15, 0.2) is 0 Å². The summed E-state index contributed by atoms with van der Waals surface area (Å²) in [7, 11) is 0. The van der Waals surface area contributed by atoms with Crippen LogP contribution in [0.4, 0.5) is 10.1 Å². The molecular weight excluding hydrogens is 376 g/mol. The van der Waals surface area contributed by atoms with Crippen molar-refractivity contribution in [3.63, 3.8) is 0 Å². The van der Waals surface area contributed by atoms with Crippen LogP contribution in [0.5, 0.6) is 0 Å². The zero-order chi connectivity index (χ0) is 18.8. The average Bonchev–Trinajstić information content (AvgIpc) is 2.57. The minimum Gasteiger partial charge on any atom is -0.481 e. The fourth-order valence-corrected chi connectivity index (χ4v) is 3.59. The van der Waals surface area contributed by atoms with Gasteiger partial charge in [0.05, 0.1) is 17.1 Å². The Kier molecular flexibility index (Phi) is 5.64. The maximum atomic E-state index is 13.8. The van der Waals surface area contributed by atoms with Crippen LogP contribution in [0.3, 0.4) is 0 Å². The summed E-state index contributed by atoms with van der Waals surface area (Å²) < 4.78 is 13.8. The number of hydrogen-bond acceptors (Lipinski definition) is 2. The van der Waals surface area contributed by atoms with Gasteiger partial charge in [0.25, 0.3) is 0 Å². The largest absolute Gasteiger partial charge is 0.481 e. The number of fused-ring (bicyclic) bond motifs is 1.